The predicted octanol–water partition coefficient (Wildman–Crippen LogP) is 3.37. The maximum atomic E-state index is 13.9. The minimum absolute atomic E-state index is 0.183. The molecule has 0 fully saturated rings. The Kier molecular flexibility index (Phi) is 5.03. The van der Waals surface area contributed by atoms with E-state index >= 15 is 0 Å². The second-order valence-corrected chi connectivity index (χ2v) is 5.48. The number of carbonyl (C=O) groups is 1. The molecule has 0 aliphatic rings. The molecule has 128 valence electrons. The average molecular weight is 340 g/mol. The number of anilines is 2. The Balaban J connectivity index is 1.63. The van der Waals surface area contributed by atoms with Crippen LogP contribution in [0.1, 0.15) is 24.3 Å². The van der Waals surface area contributed by atoms with Crippen LogP contribution in [0.25, 0.3) is 0 Å². The van der Waals surface area contributed by atoms with Crippen LogP contribution in [-0.2, 0) is 17.8 Å². The number of rotatable bonds is 6. The number of hydrogen-bond donors (Lipinski definition) is 2. The summed E-state index contributed by atoms with van der Waals surface area (Å²) in [5.41, 5.74) is 1.82. The van der Waals surface area contributed by atoms with Gasteiger partial charge in [0.25, 0.3) is 0 Å². The maximum Gasteiger partial charge on any atom is 0.235 e. The van der Waals surface area contributed by atoms with Gasteiger partial charge in [-0.15, -0.1) is 10.2 Å². The summed E-state index contributed by atoms with van der Waals surface area (Å²) in [6.45, 7) is 1.57. The van der Waals surface area contributed by atoms with Gasteiger partial charge in [-0.25, -0.2) is 4.39 Å². The second kappa shape index (κ2) is 7.57. The number of benzene rings is 2. The molecule has 3 aromatic rings. The van der Waals surface area contributed by atoms with Gasteiger partial charge < -0.3 is 15.1 Å². The number of hydrogen-bond acceptors (Lipinski definition) is 5. The van der Waals surface area contributed by atoms with Crippen molar-refractivity contribution in [1.29, 1.82) is 0 Å². The molecule has 2 aromatic carbocycles. The van der Waals surface area contributed by atoms with Crippen LogP contribution in [0.3, 0.4) is 0 Å². The summed E-state index contributed by atoms with van der Waals surface area (Å²) in [6, 6.07) is 14.1. The Morgan fingerprint density at radius 1 is 1.12 bits per heavy atom. The number of halogens is 1. The summed E-state index contributed by atoms with van der Waals surface area (Å²) in [7, 11) is 0. The smallest absolute Gasteiger partial charge is 0.235 e. The zero-order chi connectivity index (χ0) is 17.6. The van der Waals surface area contributed by atoms with Crippen molar-refractivity contribution >= 4 is 17.3 Å². The van der Waals surface area contributed by atoms with Crippen molar-refractivity contribution in [3.8, 4) is 0 Å². The van der Waals surface area contributed by atoms with Crippen LogP contribution in [0, 0.1) is 5.82 Å². The van der Waals surface area contributed by atoms with Gasteiger partial charge in [-0.2, -0.15) is 0 Å². The first-order chi connectivity index (χ1) is 12.1. The largest absolute Gasteiger partial charge is 0.423 e. The quantitative estimate of drug-likeness (QED) is 0.719. The summed E-state index contributed by atoms with van der Waals surface area (Å²) in [4.78, 5) is 11.1. The number of nitrogens with one attached hydrogen (secondary N) is 2. The Labute approximate surface area is 144 Å². The summed E-state index contributed by atoms with van der Waals surface area (Å²) in [5.74, 6) is 0.198. The molecule has 1 heterocycles. The second-order valence-electron chi connectivity index (χ2n) is 5.48. The molecule has 2 N–H and O–H groups in total. The van der Waals surface area contributed by atoms with Gasteiger partial charge in [0.2, 0.25) is 17.7 Å². The molecule has 0 radical (unpaired) electrons. The molecule has 3 rings (SSSR count). The van der Waals surface area contributed by atoms with Crippen LogP contribution in [0.2, 0.25) is 0 Å². The Morgan fingerprint density at radius 3 is 2.64 bits per heavy atom. The number of amides is 1. The zero-order valence-electron chi connectivity index (χ0n) is 13.6. The standard InChI is InChI=1S/C18H17FN4O2/c1-12(24)21-14-7-8-15(19)16(10-14)20-11-18-23-22-17(25-18)9-13-5-3-2-4-6-13/h2-8,10,20H,9,11H2,1H3,(H,21,24). The van der Waals surface area contributed by atoms with E-state index in [-0.39, 0.29) is 18.1 Å². The lowest BCUT2D eigenvalue weighted by atomic mass is 10.2. The van der Waals surface area contributed by atoms with Crippen LogP contribution in [0.15, 0.2) is 52.9 Å². The summed E-state index contributed by atoms with van der Waals surface area (Å²) >= 11 is 0. The molecule has 0 aliphatic carbocycles. The van der Waals surface area contributed by atoms with Crippen molar-refractivity contribution in [1.82, 2.24) is 10.2 Å². The summed E-state index contributed by atoms with van der Waals surface area (Å²) in [5, 5.41) is 13.5. The number of carbonyl (C=O) groups excluding carboxylic acids is 1. The van der Waals surface area contributed by atoms with Crippen molar-refractivity contribution in [2.75, 3.05) is 10.6 Å². The monoisotopic (exact) mass is 340 g/mol. The zero-order valence-corrected chi connectivity index (χ0v) is 13.6. The molecular weight excluding hydrogens is 323 g/mol. The lowest BCUT2D eigenvalue weighted by Gasteiger charge is -2.08. The minimum atomic E-state index is -0.432. The molecule has 0 aliphatic heterocycles. The molecule has 0 saturated heterocycles. The molecule has 1 amide bonds. The van der Waals surface area contributed by atoms with Crippen molar-refractivity contribution in [3.63, 3.8) is 0 Å². The third-order valence-corrected chi connectivity index (χ3v) is 3.42. The van der Waals surface area contributed by atoms with E-state index < -0.39 is 5.82 Å². The first kappa shape index (κ1) is 16.6. The normalized spacial score (nSPS) is 10.5. The van der Waals surface area contributed by atoms with E-state index in [1.165, 1.54) is 25.1 Å². The third-order valence-electron chi connectivity index (χ3n) is 3.42. The first-order valence-corrected chi connectivity index (χ1v) is 7.76. The van der Waals surface area contributed by atoms with Crippen LogP contribution < -0.4 is 10.6 Å². The topological polar surface area (TPSA) is 80.0 Å². The van der Waals surface area contributed by atoms with Gasteiger partial charge in [0, 0.05) is 12.6 Å². The van der Waals surface area contributed by atoms with Gasteiger partial charge in [0.05, 0.1) is 18.7 Å². The highest BCUT2D eigenvalue weighted by molar-refractivity contribution is 5.89. The Morgan fingerprint density at radius 2 is 1.88 bits per heavy atom. The van der Waals surface area contributed by atoms with Gasteiger partial charge in [-0.05, 0) is 23.8 Å². The van der Waals surface area contributed by atoms with E-state index in [9.17, 15) is 9.18 Å². The summed E-state index contributed by atoms with van der Waals surface area (Å²) in [6.07, 6.45) is 0.542. The molecule has 0 saturated carbocycles. The van der Waals surface area contributed by atoms with Gasteiger partial charge in [-0.1, -0.05) is 30.3 Å². The molecular formula is C18H17FN4O2. The van der Waals surface area contributed by atoms with E-state index in [0.29, 0.717) is 23.9 Å². The van der Waals surface area contributed by atoms with Gasteiger partial charge in [0.15, 0.2) is 0 Å². The summed E-state index contributed by atoms with van der Waals surface area (Å²) < 4.78 is 19.4. The van der Waals surface area contributed by atoms with E-state index in [1.807, 2.05) is 30.3 Å². The van der Waals surface area contributed by atoms with E-state index in [2.05, 4.69) is 20.8 Å². The van der Waals surface area contributed by atoms with Crippen LogP contribution in [-0.4, -0.2) is 16.1 Å². The number of nitrogens with zero attached hydrogens (tertiary/aromatic N) is 2. The van der Waals surface area contributed by atoms with E-state index in [4.69, 9.17) is 4.42 Å². The van der Waals surface area contributed by atoms with Crippen LogP contribution in [0.4, 0.5) is 15.8 Å². The van der Waals surface area contributed by atoms with E-state index in [0.717, 1.165) is 5.56 Å². The fourth-order valence-electron chi connectivity index (χ4n) is 2.31. The Hall–Kier alpha value is -3.22. The molecule has 0 atom stereocenters. The molecule has 1 aromatic heterocycles. The average Bonchev–Trinajstić information content (AvgIpc) is 3.03. The van der Waals surface area contributed by atoms with Gasteiger partial charge in [0.1, 0.15) is 5.82 Å². The van der Waals surface area contributed by atoms with Gasteiger partial charge in [-0.3, -0.25) is 4.79 Å². The van der Waals surface area contributed by atoms with Crippen LogP contribution >= 0.6 is 0 Å². The predicted molar refractivity (Wildman–Crippen MR) is 91.6 cm³/mol. The first-order valence-electron chi connectivity index (χ1n) is 7.76. The molecule has 0 bridgehead atoms. The van der Waals surface area contributed by atoms with Crippen molar-refractivity contribution in [3.05, 3.63) is 71.7 Å². The third kappa shape index (κ3) is 4.63. The molecule has 6 nitrogen and oxygen atoms in total. The highest BCUT2D eigenvalue weighted by atomic mass is 19.1. The van der Waals surface area contributed by atoms with Gasteiger partial charge >= 0.3 is 0 Å². The molecule has 0 unspecified atom stereocenters. The Bertz CT molecular complexity index is 865. The maximum absolute atomic E-state index is 13.9. The molecule has 25 heavy (non-hydrogen) atoms. The van der Waals surface area contributed by atoms with Crippen molar-refractivity contribution in [2.45, 2.75) is 19.9 Å². The van der Waals surface area contributed by atoms with Crippen LogP contribution in [0.5, 0.6) is 0 Å². The lowest BCUT2D eigenvalue weighted by molar-refractivity contribution is -0.114. The fraction of sp³-hybridized carbons (Fsp3) is 0.167. The lowest BCUT2D eigenvalue weighted by Crippen LogP contribution is -2.07. The number of aromatic nitrogens is 2. The minimum Gasteiger partial charge on any atom is -0.423 e. The fourth-order valence-corrected chi connectivity index (χ4v) is 2.31. The highest BCUT2D eigenvalue weighted by Crippen LogP contribution is 2.20. The van der Waals surface area contributed by atoms with Crippen molar-refractivity contribution < 1.29 is 13.6 Å². The van der Waals surface area contributed by atoms with E-state index in [1.54, 1.807) is 0 Å². The highest BCUT2D eigenvalue weighted by Gasteiger charge is 2.09. The van der Waals surface area contributed by atoms with Crippen molar-refractivity contribution in [2.24, 2.45) is 0 Å². The SMILES string of the molecule is CC(=O)Nc1ccc(F)c(NCc2nnc(Cc3ccccc3)o2)c1. The molecule has 0 spiro atoms. The molecule has 7 heteroatoms.